The molecule has 0 aliphatic carbocycles. The molecule has 0 saturated carbocycles. The fraction of sp³-hybridized carbons (Fsp3) is 0.300. The summed E-state index contributed by atoms with van der Waals surface area (Å²) in [6.07, 6.45) is 5.02. The van der Waals surface area contributed by atoms with Crippen LogP contribution in [0.3, 0.4) is 0 Å². The van der Waals surface area contributed by atoms with Crippen molar-refractivity contribution in [3.63, 3.8) is 0 Å². The van der Waals surface area contributed by atoms with E-state index in [4.69, 9.17) is 0 Å². The molecule has 13 heavy (non-hydrogen) atoms. The van der Waals surface area contributed by atoms with E-state index in [1.807, 2.05) is 6.20 Å². The number of hydrogen-bond acceptors (Lipinski definition) is 1. The van der Waals surface area contributed by atoms with E-state index in [0.29, 0.717) is 0 Å². The van der Waals surface area contributed by atoms with E-state index in [9.17, 15) is 0 Å². The summed E-state index contributed by atoms with van der Waals surface area (Å²) in [7, 11) is 0. The van der Waals surface area contributed by atoms with Gasteiger partial charge in [-0.3, -0.25) is 0 Å². The average Bonchev–Trinajstić information content (AvgIpc) is 2.48. The van der Waals surface area contributed by atoms with Crippen LogP contribution in [0.2, 0.25) is 0 Å². The second kappa shape index (κ2) is 3.14. The van der Waals surface area contributed by atoms with Crippen molar-refractivity contribution in [2.24, 2.45) is 0 Å². The zero-order valence-electron chi connectivity index (χ0n) is 7.71. The number of aryl methyl sites for hydroxylation is 2. The number of aromatic nitrogens is 2. The summed E-state index contributed by atoms with van der Waals surface area (Å²) in [4.78, 5) is 4.33. The molecule has 68 valence electrons. The lowest BCUT2D eigenvalue weighted by Gasteiger charge is -2.01. The summed E-state index contributed by atoms with van der Waals surface area (Å²) in [5.74, 6) is 0. The van der Waals surface area contributed by atoms with Crippen LogP contribution in [-0.2, 0) is 6.42 Å². The van der Waals surface area contributed by atoms with Crippen LogP contribution in [0.4, 0.5) is 0 Å². The fourth-order valence-corrected chi connectivity index (χ4v) is 1.73. The third-order valence-electron chi connectivity index (χ3n) is 2.23. The minimum atomic E-state index is 1.01. The van der Waals surface area contributed by atoms with Gasteiger partial charge in [0.05, 0.1) is 0 Å². The highest BCUT2D eigenvalue weighted by atomic mass is 79.9. The number of pyridine rings is 1. The van der Waals surface area contributed by atoms with Crippen molar-refractivity contribution in [1.29, 1.82) is 0 Å². The molecule has 0 aromatic carbocycles. The summed E-state index contributed by atoms with van der Waals surface area (Å²) in [5, 5.41) is 0. The summed E-state index contributed by atoms with van der Waals surface area (Å²) >= 11 is 3.52. The Morgan fingerprint density at radius 3 is 3.00 bits per heavy atom. The lowest BCUT2D eigenvalue weighted by Crippen LogP contribution is -1.91. The molecule has 0 N–H and O–H groups in total. The second-order valence-electron chi connectivity index (χ2n) is 3.14. The van der Waals surface area contributed by atoms with Crippen LogP contribution in [0.1, 0.15) is 18.2 Å². The Kier molecular flexibility index (Phi) is 2.12. The Hall–Kier alpha value is -0.830. The number of fused-ring (bicyclic) bond motifs is 1. The van der Waals surface area contributed by atoms with Gasteiger partial charge in [0.25, 0.3) is 0 Å². The first-order valence-electron chi connectivity index (χ1n) is 4.34. The Labute approximate surface area is 85.7 Å². The SMILES string of the molecule is CCc1cnc2cc(C)c(Br)cn12. The Morgan fingerprint density at radius 2 is 2.31 bits per heavy atom. The normalized spacial score (nSPS) is 11.0. The number of nitrogens with zero attached hydrogens (tertiary/aromatic N) is 2. The van der Waals surface area contributed by atoms with E-state index in [1.165, 1.54) is 11.3 Å². The van der Waals surface area contributed by atoms with E-state index in [-0.39, 0.29) is 0 Å². The third kappa shape index (κ3) is 1.37. The van der Waals surface area contributed by atoms with Gasteiger partial charge in [0.1, 0.15) is 5.65 Å². The molecule has 0 amide bonds. The van der Waals surface area contributed by atoms with Crippen molar-refractivity contribution >= 4 is 21.6 Å². The van der Waals surface area contributed by atoms with Crippen LogP contribution in [-0.4, -0.2) is 9.38 Å². The topological polar surface area (TPSA) is 17.3 Å². The quantitative estimate of drug-likeness (QED) is 0.747. The Balaban J connectivity index is 2.77. The molecule has 0 atom stereocenters. The number of hydrogen-bond donors (Lipinski definition) is 0. The van der Waals surface area contributed by atoms with Gasteiger partial charge in [-0.25, -0.2) is 4.98 Å². The smallest absolute Gasteiger partial charge is 0.137 e. The standard InChI is InChI=1S/C10H11BrN2/c1-3-8-5-12-10-4-7(2)9(11)6-13(8)10/h4-6H,3H2,1-2H3. The van der Waals surface area contributed by atoms with Gasteiger partial charge in [-0.05, 0) is 40.9 Å². The molecule has 0 aliphatic heterocycles. The van der Waals surface area contributed by atoms with Gasteiger partial charge in [0, 0.05) is 22.6 Å². The third-order valence-corrected chi connectivity index (χ3v) is 3.06. The fourth-order valence-electron chi connectivity index (χ4n) is 1.41. The Morgan fingerprint density at radius 1 is 1.54 bits per heavy atom. The lowest BCUT2D eigenvalue weighted by molar-refractivity contribution is 0.988. The van der Waals surface area contributed by atoms with Gasteiger partial charge >= 0.3 is 0 Å². The molecule has 0 radical (unpaired) electrons. The molecule has 2 nitrogen and oxygen atoms in total. The molecule has 2 heterocycles. The molecule has 0 bridgehead atoms. The van der Waals surface area contributed by atoms with Gasteiger partial charge in [0.15, 0.2) is 0 Å². The Bertz CT molecular complexity index is 445. The summed E-state index contributed by atoms with van der Waals surface area (Å²) in [5.41, 5.74) is 3.49. The van der Waals surface area contributed by atoms with Crippen molar-refractivity contribution in [3.05, 3.63) is 34.2 Å². The molecule has 0 spiro atoms. The van der Waals surface area contributed by atoms with Gasteiger partial charge in [-0.1, -0.05) is 6.92 Å². The van der Waals surface area contributed by atoms with E-state index >= 15 is 0 Å². The van der Waals surface area contributed by atoms with Gasteiger partial charge < -0.3 is 4.40 Å². The molecule has 2 aromatic rings. The molecule has 0 aliphatic rings. The molecular weight excluding hydrogens is 228 g/mol. The predicted molar refractivity (Wildman–Crippen MR) is 57.0 cm³/mol. The highest BCUT2D eigenvalue weighted by Gasteiger charge is 2.03. The summed E-state index contributed by atoms with van der Waals surface area (Å²) in [6, 6.07) is 2.09. The minimum Gasteiger partial charge on any atom is -0.303 e. The monoisotopic (exact) mass is 238 g/mol. The maximum absolute atomic E-state index is 4.33. The summed E-state index contributed by atoms with van der Waals surface area (Å²) < 4.78 is 3.25. The van der Waals surface area contributed by atoms with Gasteiger partial charge in [-0.15, -0.1) is 0 Å². The van der Waals surface area contributed by atoms with Crippen LogP contribution in [0.15, 0.2) is 22.9 Å². The first-order valence-corrected chi connectivity index (χ1v) is 5.13. The van der Waals surface area contributed by atoms with Crippen LogP contribution < -0.4 is 0 Å². The van der Waals surface area contributed by atoms with Crippen molar-refractivity contribution in [1.82, 2.24) is 9.38 Å². The maximum atomic E-state index is 4.33. The molecule has 2 aromatic heterocycles. The first-order chi connectivity index (χ1) is 6.22. The van der Waals surface area contributed by atoms with Crippen LogP contribution in [0.5, 0.6) is 0 Å². The predicted octanol–water partition coefficient (Wildman–Crippen LogP) is 2.97. The molecule has 3 heteroatoms. The maximum Gasteiger partial charge on any atom is 0.137 e. The minimum absolute atomic E-state index is 1.01. The molecule has 0 saturated heterocycles. The number of halogens is 1. The van der Waals surface area contributed by atoms with E-state index in [2.05, 4.69) is 51.4 Å². The van der Waals surface area contributed by atoms with E-state index in [1.54, 1.807) is 0 Å². The number of rotatable bonds is 1. The molecule has 2 rings (SSSR count). The highest BCUT2D eigenvalue weighted by Crippen LogP contribution is 2.18. The molecular formula is C10H11BrN2. The zero-order chi connectivity index (χ0) is 9.42. The van der Waals surface area contributed by atoms with Crippen LogP contribution in [0, 0.1) is 6.92 Å². The van der Waals surface area contributed by atoms with Gasteiger partial charge in [-0.2, -0.15) is 0 Å². The van der Waals surface area contributed by atoms with E-state index in [0.717, 1.165) is 16.5 Å². The first kappa shape index (κ1) is 8.75. The number of imidazole rings is 1. The lowest BCUT2D eigenvalue weighted by atomic mass is 10.3. The average molecular weight is 239 g/mol. The highest BCUT2D eigenvalue weighted by molar-refractivity contribution is 9.10. The second-order valence-corrected chi connectivity index (χ2v) is 3.99. The van der Waals surface area contributed by atoms with Crippen molar-refractivity contribution in [2.75, 3.05) is 0 Å². The van der Waals surface area contributed by atoms with E-state index < -0.39 is 0 Å². The van der Waals surface area contributed by atoms with Crippen molar-refractivity contribution in [2.45, 2.75) is 20.3 Å². The largest absolute Gasteiger partial charge is 0.303 e. The zero-order valence-corrected chi connectivity index (χ0v) is 9.30. The van der Waals surface area contributed by atoms with Gasteiger partial charge in [0.2, 0.25) is 0 Å². The summed E-state index contributed by atoms with van der Waals surface area (Å²) in [6.45, 7) is 4.21. The molecule has 0 unspecified atom stereocenters. The van der Waals surface area contributed by atoms with Crippen molar-refractivity contribution < 1.29 is 0 Å². The van der Waals surface area contributed by atoms with Crippen LogP contribution in [0.25, 0.3) is 5.65 Å². The van der Waals surface area contributed by atoms with Crippen LogP contribution >= 0.6 is 15.9 Å². The molecule has 0 fully saturated rings. The van der Waals surface area contributed by atoms with Crippen molar-refractivity contribution in [3.8, 4) is 0 Å².